The van der Waals surface area contributed by atoms with Crippen LogP contribution in [0.4, 0.5) is 0 Å². The van der Waals surface area contributed by atoms with Gasteiger partial charge in [0.15, 0.2) is 0 Å². The molecule has 0 aliphatic heterocycles. The molecule has 0 aliphatic carbocycles. The Hall–Kier alpha value is -3.87. The Bertz CT molecular complexity index is 970. The largest absolute Gasteiger partial charge is 0.423 e. The van der Waals surface area contributed by atoms with Crippen LogP contribution in [0, 0.1) is 6.92 Å². The fourth-order valence-electron chi connectivity index (χ4n) is 2.22. The summed E-state index contributed by atoms with van der Waals surface area (Å²) in [7, 11) is 0. The van der Waals surface area contributed by atoms with Crippen LogP contribution in [0.25, 0.3) is 0 Å². The Kier molecular flexibility index (Phi) is 5.64. The van der Waals surface area contributed by atoms with E-state index in [0.29, 0.717) is 11.3 Å². The van der Waals surface area contributed by atoms with Crippen LogP contribution in [-0.4, -0.2) is 28.1 Å². The molecule has 0 bridgehead atoms. The lowest BCUT2D eigenvalue weighted by Crippen LogP contribution is -2.19. The molecule has 7 heteroatoms. The summed E-state index contributed by atoms with van der Waals surface area (Å²) in [6, 6.07) is 14.0. The van der Waals surface area contributed by atoms with Crippen molar-refractivity contribution in [3.63, 3.8) is 0 Å². The molecule has 1 aromatic heterocycles. The second-order valence-corrected chi connectivity index (χ2v) is 5.56. The molecule has 27 heavy (non-hydrogen) atoms. The minimum absolute atomic E-state index is 0.174. The van der Waals surface area contributed by atoms with Gasteiger partial charge in [-0.15, -0.1) is 0 Å². The summed E-state index contributed by atoms with van der Waals surface area (Å²) in [4.78, 5) is 31.7. The average Bonchev–Trinajstić information content (AvgIpc) is 2.70. The maximum absolute atomic E-state index is 12.2. The van der Waals surface area contributed by atoms with Crippen molar-refractivity contribution in [2.45, 2.75) is 6.92 Å². The summed E-state index contributed by atoms with van der Waals surface area (Å²) in [5.74, 6) is -0.446. The van der Waals surface area contributed by atoms with Gasteiger partial charge in [-0.25, -0.2) is 15.2 Å². The molecule has 1 amide bonds. The quantitative estimate of drug-likeness (QED) is 0.327. The molecule has 0 unspecified atom stereocenters. The van der Waals surface area contributed by atoms with Crippen LogP contribution in [0.5, 0.6) is 5.75 Å². The molecule has 0 saturated heterocycles. The topological polar surface area (TPSA) is 93.5 Å². The van der Waals surface area contributed by atoms with E-state index in [1.165, 1.54) is 24.8 Å². The van der Waals surface area contributed by atoms with Crippen molar-refractivity contribution < 1.29 is 14.3 Å². The van der Waals surface area contributed by atoms with Crippen LogP contribution < -0.4 is 10.2 Å². The second kappa shape index (κ2) is 8.48. The van der Waals surface area contributed by atoms with Gasteiger partial charge in [-0.2, -0.15) is 5.10 Å². The molecule has 3 rings (SSSR count). The molecule has 0 atom stereocenters. The van der Waals surface area contributed by atoms with Gasteiger partial charge >= 0.3 is 5.97 Å². The van der Waals surface area contributed by atoms with E-state index in [-0.39, 0.29) is 5.69 Å². The number of rotatable bonds is 5. The molecule has 0 saturated carbocycles. The SMILES string of the molecule is Cc1ccccc1C(=O)Oc1ccc(/C=N\NC(=O)c2cnccn2)cc1. The zero-order valence-corrected chi connectivity index (χ0v) is 14.5. The zero-order valence-electron chi connectivity index (χ0n) is 14.5. The molecular weight excluding hydrogens is 344 g/mol. The number of benzene rings is 2. The number of esters is 1. The van der Waals surface area contributed by atoms with E-state index in [4.69, 9.17) is 4.74 Å². The van der Waals surface area contributed by atoms with Crippen molar-refractivity contribution >= 4 is 18.1 Å². The number of ether oxygens (including phenoxy) is 1. The maximum atomic E-state index is 12.2. The van der Waals surface area contributed by atoms with Crippen LogP contribution in [0.3, 0.4) is 0 Å². The summed E-state index contributed by atoms with van der Waals surface area (Å²) >= 11 is 0. The molecule has 0 spiro atoms. The predicted octanol–water partition coefficient (Wildman–Crippen LogP) is 2.77. The van der Waals surface area contributed by atoms with E-state index in [1.807, 2.05) is 19.1 Å². The van der Waals surface area contributed by atoms with Crippen molar-refractivity contribution in [2.24, 2.45) is 5.10 Å². The number of hydrogen-bond acceptors (Lipinski definition) is 6. The highest BCUT2D eigenvalue weighted by Crippen LogP contribution is 2.15. The molecule has 1 heterocycles. The van der Waals surface area contributed by atoms with Crippen LogP contribution in [0.15, 0.2) is 72.2 Å². The van der Waals surface area contributed by atoms with Crippen molar-refractivity contribution in [3.05, 3.63) is 89.5 Å². The third kappa shape index (κ3) is 4.82. The summed E-state index contributed by atoms with van der Waals surface area (Å²) in [6.45, 7) is 1.85. The number of hydrazone groups is 1. The first kappa shape index (κ1) is 17.9. The monoisotopic (exact) mass is 360 g/mol. The third-order valence-electron chi connectivity index (χ3n) is 3.63. The van der Waals surface area contributed by atoms with E-state index in [9.17, 15) is 9.59 Å². The average molecular weight is 360 g/mol. The van der Waals surface area contributed by atoms with Gasteiger partial charge in [0, 0.05) is 12.4 Å². The Balaban J connectivity index is 1.58. The number of nitrogens with zero attached hydrogens (tertiary/aromatic N) is 3. The first-order chi connectivity index (χ1) is 13.1. The molecule has 7 nitrogen and oxygen atoms in total. The lowest BCUT2D eigenvalue weighted by Gasteiger charge is -2.06. The fraction of sp³-hybridized carbons (Fsp3) is 0.0500. The van der Waals surface area contributed by atoms with Crippen LogP contribution in [-0.2, 0) is 0 Å². The van der Waals surface area contributed by atoms with E-state index in [1.54, 1.807) is 36.4 Å². The van der Waals surface area contributed by atoms with Crippen LogP contribution >= 0.6 is 0 Å². The van der Waals surface area contributed by atoms with Crippen molar-refractivity contribution in [1.82, 2.24) is 15.4 Å². The Morgan fingerprint density at radius 2 is 1.85 bits per heavy atom. The van der Waals surface area contributed by atoms with Crippen molar-refractivity contribution in [3.8, 4) is 5.75 Å². The van der Waals surface area contributed by atoms with Crippen molar-refractivity contribution in [2.75, 3.05) is 0 Å². The number of amides is 1. The smallest absolute Gasteiger partial charge is 0.343 e. The summed E-state index contributed by atoms with van der Waals surface area (Å²) in [5, 5.41) is 3.87. The summed E-state index contributed by atoms with van der Waals surface area (Å²) < 4.78 is 5.37. The third-order valence-corrected chi connectivity index (χ3v) is 3.63. The highest BCUT2D eigenvalue weighted by molar-refractivity contribution is 5.93. The van der Waals surface area contributed by atoms with Gasteiger partial charge in [0.2, 0.25) is 0 Å². The van der Waals surface area contributed by atoms with E-state index < -0.39 is 11.9 Å². The first-order valence-electron chi connectivity index (χ1n) is 8.11. The minimum Gasteiger partial charge on any atom is -0.423 e. The number of hydrogen-bond donors (Lipinski definition) is 1. The maximum Gasteiger partial charge on any atom is 0.343 e. The standard InChI is InChI=1S/C20H16N4O3/c1-14-4-2-3-5-17(14)20(26)27-16-8-6-15(7-9-16)12-23-24-19(25)18-13-21-10-11-22-18/h2-13H,1H3,(H,24,25)/b23-12-. The highest BCUT2D eigenvalue weighted by Gasteiger charge is 2.10. The molecule has 0 radical (unpaired) electrons. The van der Waals surface area contributed by atoms with Gasteiger partial charge in [0.05, 0.1) is 18.0 Å². The summed E-state index contributed by atoms with van der Waals surface area (Å²) in [5.41, 5.74) is 4.64. The van der Waals surface area contributed by atoms with Gasteiger partial charge in [0.25, 0.3) is 5.91 Å². The van der Waals surface area contributed by atoms with Crippen molar-refractivity contribution in [1.29, 1.82) is 0 Å². The minimum atomic E-state index is -0.455. The number of aryl methyl sites for hydroxylation is 1. The zero-order chi connectivity index (χ0) is 19.1. The normalized spacial score (nSPS) is 10.6. The molecule has 0 fully saturated rings. The lowest BCUT2D eigenvalue weighted by molar-refractivity contribution is 0.0733. The molecular formula is C20H16N4O3. The van der Waals surface area contributed by atoms with E-state index in [0.717, 1.165) is 11.1 Å². The summed E-state index contributed by atoms with van der Waals surface area (Å²) in [6.07, 6.45) is 5.73. The number of carbonyl (C=O) groups excluding carboxylic acids is 2. The van der Waals surface area contributed by atoms with Crippen LogP contribution in [0.2, 0.25) is 0 Å². The molecule has 2 aromatic carbocycles. The number of aromatic nitrogens is 2. The first-order valence-corrected chi connectivity index (χ1v) is 8.11. The molecule has 1 N–H and O–H groups in total. The highest BCUT2D eigenvalue weighted by atomic mass is 16.5. The molecule has 134 valence electrons. The molecule has 0 aliphatic rings. The predicted molar refractivity (Wildman–Crippen MR) is 99.7 cm³/mol. The van der Waals surface area contributed by atoms with E-state index in [2.05, 4.69) is 20.5 Å². The lowest BCUT2D eigenvalue weighted by atomic mass is 10.1. The van der Waals surface area contributed by atoms with Gasteiger partial charge < -0.3 is 4.74 Å². The Morgan fingerprint density at radius 1 is 1.07 bits per heavy atom. The fourth-order valence-corrected chi connectivity index (χ4v) is 2.22. The second-order valence-electron chi connectivity index (χ2n) is 5.56. The Morgan fingerprint density at radius 3 is 2.56 bits per heavy atom. The van der Waals surface area contributed by atoms with E-state index >= 15 is 0 Å². The van der Waals surface area contributed by atoms with Gasteiger partial charge in [-0.1, -0.05) is 18.2 Å². The number of carbonyl (C=O) groups is 2. The number of nitrogens with one attached hydrogen (secondary N) is 1. The van der Waals surface area contributed by atoms with Gasteiger partial charge in [0.1, 0.15) is 11.4 Å². The molecule has 3 aromatic rings. The van der Waals surface area contributed by atoms with Crippen LogP contribution in [0.1, 0.15) is 32.0 Å². The van der Waals surface area contributed by atoms with Gasteiger partial charge in [-0.3, -0.25) is 9.78 Å². The van der Waals surface area contributed by atoms with Gasteiger partial charge in [-0.05, 0) is 48.4 Å². The Labute approximate surface area is 155 Å².